The van der Waals surface area contributed by atoms with Crippen molar-refractivity contribution in [3.63, 3.8) is 0 Å². The molecule has 2 aliphatic heterocycles. The van der Waals surface area contributed by atoms with Gasteiger partial charge >= 0.3 is 0 Å². The highest BCUT2D eigenvalue weighted by Crippen LogP contribution is 2.23. The summed E-state index contributed by atoms with van der Waals surface area (Å²) in [5, 5.41) is 3.39. The standard InChI is InChI=1S/C21H29N5O2.2ClH/c1-24-9-8-23-21(24)19-14-22-7-10-26(19)20(27)13-18-16-25(11-12-28-18)15-17-5-3-2-4-6-17;;/h2-6,8-9,18-19,22H,7,10-16H2,1H3;2*1H. The summed E-state index contributed by atoms with van der Waals surface area (Å²) >= 11 is 0. The largest absolute Gasteiger partial charge is 0.375 e. The number of imidazole rings is 1. The molecule has 2 aliphatic rings. The molecule has 3 heterocycles. The molecular formula is C21H31Cl2N5O2. The Balaban J connectivity index is 0.00000160. The second-order valence-corrected chi connectivity index (χ2v) is 7.62. The molecule has 1 amide bonds. The van der Waals surface area contributed by atoms with Crippen molar-refractivity contribution < 1.29 is 9.53 Å². The molecule has 1 N–H and O–H groups in total. The van der Waals surface area contributed by atoms with Gasteiger partial charge in [-0.1, -0.05) is 30.3 Å². The first-order valence-corrected chi connectivity index (χ1v) is 10.1. The van der Waals surface area contributed by atoms with Crippen LogP contribution in [0, 0.1) is 0 Å². The van der Waals surface area contributed by atoms with Crippen LogP contribution in [0.3, 0.4) is 0 Å². The van der Waals surface area contributed by atoms with Gasteiger partial charge in [-0.05, 0) is 5.56 Å². The Kier molecular flexibility index (Phi) is 9.58. The molecule has 9 heteroatoms. The van der Waals surface area contributed by atoms with Gasteiger partial charge in [0.2, 0.25) is 5.91 Å². The summed E-state index contributed by atoms with van der Waals surface area (Å²) in [5.74, 6) is 1.08. The summed E-state index contributed by atoms with van der Waals surface area (Å²) in [6.45, 7) is 5.54. The number of amides is 1. The van der Waals surface area contributed by atoms with Gasteiger partial charge in [-0.25, -0.2) is 4.98 Å². The van der Waals surface area contributed by atoms with Gasteiger partial charge in [0.25, 0.3) is 0 Å². The van der Waals surface area contributed by atoms with Gasteiger partial charge < -0.3 is 19.5 Å². The average Bonchev–Trinajstić information content (AvgIpc) is 3.15. The number of aryl methyl sites for hydroxylation is 1. The van der Waals surface area contributed by atoms with E-state index in [0.29, 0.717) is 19.6 Å². The van der Waals surface area contributed by atoms with E-state index in [1.54, 1.807) is 6.20 Å². The number of morpholine rings is 1. The van der Waals surface area contributed by atoms with Crippen molar-refractivity contribution in [1.82, 2.24) is 24.7 Å². The van der Waals surface area contributed by atoms with Crippen molar-refractivity contribution in [2.75, 3.05) is 39.3 Å². The number of aromatic nitrogens is 2. The molecule has 2 unspecified atom stereocenters. The summed E-state index contributed by atoms with van der Waals surface area (Å²) in [6, 6.07) is 10.4. The second-order valence-electron chi connectivity index (χ2n) is 7.62. The summed E-state index contributed by atoms with van der Waals surface area (Å²) < 4.78 is 7.93. The summed E-state index contributed by atoms with van der Waals surface area (Å²) in [6.07, 6.45) is 4.09. The molecule has 0 bridgehead atoms. The average molecular weight is 456 g/mol. The van der Waals surface area contributed by atoms with Crippen LogP contribution in [0.25, 0.3) is 0 Å². The fourth-order valence-corrected chi connectivity index (χ4v) is 4.13. The fourth-order valence-electron chi connectivity index (χ4n) is 4.13. The van der Waals surface area contributed by atoms with E-state index in [9.17, 15) is 4.79 Å². The van der Waals surface area contributed by atoms with E-state index in [4.69, 9.17) is 4.74 Å². The molecule has 7 nitrogen and oxygen atoms in total. The lowest BCUT2D eigenvalue weighted by Gasteiger charge is -2.38. The number of carbonyl (C=O) groups is 1. The van der Waals surface area contributed by atoms with Crippen molar-refractivity contribution in [3.8, 4) is 0 Å². The zero-order chi connectivity index (χ0) is 19.3. The van der Waals surface area contributed by atoms with Gasteiger partial charge in [0, 0.05) is 58.7 Å². The number of nitrogens with zero attached hydrogens (tertiary/aromatic N) is 4. The Labute approximate surface area is 190 Å². The van der Waals surface area contributed by atoms with Crippen LogP contribution in [0.1, 0.15) is 23.9 Å². The maximum absolute atomic E-state index is 13.1. The van der Waals surface area contributed by atoms with Crippen molar-refractivity contribution in [1.29, 1.82) is 0 Å². The number of hydrogen-bond donors (Lipinski definition) is 1. The van der Waals surface area contributed by atoms with Gasteiger partial charge in [0.05, 0.1) is 19.1 Å². The molecule has 0 saturated carbocycles. The van der Waals surface area contributed by atoms with E-state index < -0.39 is 0 Å². The Morgan fingerprint density at radius 3 is 2.77 bits per heavy atom. The normalized spacial score (nSPS) is 22.1. The van der Waals surface area contributed by atoms with E-state index in [-0.39, 0.29) is 42.9 Å². The highest BCUT2D eigenvalue weighted by molar-refractivity contribution is 5.85. The minimum absolute atomic E-state index is 0. The van der Waals surface area contributed by atoms with Crippen LogP contribution in [0.15, 0.2) is 42.7 Å². The van der Waals surface area contributed by atoms with Gasteiger partial charge in [0.15, 0.2) is 0 Å². The van der Waals surface area contributed by atoms with E-state index in [1.807, 2.05) is 28.8 Å². The lowest BCUT2D eigenvalue weighted by Crippen LogP contribution is -2.51. The molecule has 0 spiro atoms. The monoisotopic (exact) mass is 455 g/mol. The van der Waals surface area contributed by atoms with Crippen LogP contribution in [-0.4, -0.2) is 70.7 Å². The Morgan fingerprint density at radius 2 is 2.03 bits per heavy atom. The fraction of sp³-hybridized carbons (Fsp3) is 0.524. The van der Waals surface area contributed by atoms with Crippen molar-refractivity contribution >= 4 is 30.7 Å². The Morgan fingerprint density at radius 1 is 1.23 bits per heavy atom. The number of halogens is 2. The second kappa shape index (κ2) is 11.7. The van der Waals surface area contributed by atoms with Crippen LogP contribution in [0.2, 0.25) is 0 Å². The highest BCUT2D eigenvalue weighted by atomic mass is 35.5. The van der Waals surface area contributed by atoms with Crippen molar-refractivity contribution in [2.24, 2.45) is 7.05 Å². The SMILES string of the molecule is Cl.Cl.Cn1ccnc1C1CNCCN1C(=O)CC1CN(Cc2ccccc2)CCO1. The van der Waals surface area contributed by atoms with Crippen LogP contribution < -0.4 is 5.32 Å². The predicted octanol–water partition coefficient (Wildman–Crippen LogP) is 2.03. The molecular weight excluding hydrogens is 425 g/mol. The van der Waals surface area contributed by atoms with Crippen LogP contribution in [0.4, 0.5) is 0 Å². The minimum Gasteiger partial charge on any atom is -0.375 e. The maximum Gasteiger partial charge on any atom is 0.225 e. The predicted molar refractivity (Wildman–Crippen MR) is 121 cm³/mol. The lowest BCUT2D eigenvalue weighted by molar-refractivity contribution is -0.139. The van der Waals surface area contributed by atoms with E-state index in [1.165, 1.54) is 5.56 Å². The number of ether oxygens (including phenoxy) is 1. The van der Waals surface area contributed by atoms with Gasteiger partial charge in [-0.2, -0.15) is 0 Å². The third-order valence-electron chi connectivity index (χ3n) is 5.59. The first kappa shape index (κ1) is 24.6. The summed E-state index contributed by atoms with van der Waals surface area (Å²) in [4.78, 5) is 21.9. The molecule has 2 saturated heterocycles. The number of benzene rings is 1. The highest BCUT2D eigenvalue weighted by Gasteiger charge is 2.32. The Hall–Kier alpha value is -1.64. The lowest BCUT2D eigenvalue weighted by atomic mass is 10.1. The van der Waals surface area contributed by atoms with Crippen molar-refractivity contribution in [2.45, 2.75) is 25.1 Å². The molecule has 1 aromatic carbocycles. The first-order valence-electron chi connectivity index (χ1n) is 10.1. The number of hydrogen-bond acceptors (Lipinski definition) is 5. The van der Waals surface area contributed by atoms with Gasteiger partial charge in [-0.3, -0.25) is 9.69 Å². The molecule has 2 fully saturated rings. The quantitative estimate of drug-likeness (QED) is 0.746. The van der Waals surface area contributed by atoms with Crippen LogP contribution >= 0.6 is 24.8 Å². The van der Waals surface area contributed by atoms with E-state index in [0.717, 1.165) is 38.5 Å². The summed E-state index contributed by atoms with van der Waals surface area (Å²) in [5.41, 5.74) is 1.30. The van der Waals surface area contributed by atoms with Crippen molar-refractivity contribution in [3.05, 3.63) is 54.1 Å². The van der Waals surface area contributed by atoms with Gasteiger partial charge in [-0.15, -0.1) is 24.8 Å². The third-order valence-corrected chi connectivity index (χ3v) is 5.59. The molecule has 2 aromatic rings. The molecule has 30 heavy (non-hydrogen) atoms. The molecule has 2 atom stereocenters. The van der Waals surface area contributed by atoms with E-state index in [2.05, 4.69) is 39.5 Å². The van der Waals surface area contributed by atoms with Gasteiger partial charge in [0.1, 0.15) is 11.9 Å². The smallest absolute Gasteiger partial charge is 0.225 e. The number of nitrogens with one attached hydrogen (secondary N) is 1. The molecule has 1 aromatic heterocycles. The zero-order valence-corrected chi connectivity index (χ0v) is 18.9. The third kappa shape index (κ3) is 5.95. The number of piperazine rings is 1. The molecule has 166 valence electrons. The molecule has 4 rings (SSSR count). The maximum atomic E-state index is 13.1. The Bertz CT molecular complexity index is 789. The summed E-state index contributed by atoms with van der Waals surface area (Å²) in [7, 11) is 1.98. The van der Waals surface area contributed by atoms with Crippen LogP contribution in [-0.2, 0) is 23.1 Å². The number of carbonyl (C=O) groups excluding carboxylic acids is 1. The zero-order valence-electron chi connectivity index (χ0n) is 17.3. The topological polar surface area (TPSA) is 62.6 Å². The van der Waals surface area contributed by atoms with E-state index >= 15 is 0 Å². The molecule has 0 radical (unpaired) electrons. The number of rotatable bonds is 5. The first-order chi connectivity index (χ1) is 13.7. The van der Waals surface area contributed by atoms with Crippen LogP contribution in [0.5, 0.6) is 0 Å². The molecule has 0 aliphatic carbocycles. The minimum atomic E-state index is -0.0538.